The van der Waals surface area contributed by atoms with E-state index in [1.165, 1.54) is 34.2 Å². The maximum atomic E-state index is 13.1. The van der Waals surface area contributed by atoms with Crippen LogP contribution in [0.5, 0.6) is 0 Å². The number of anilines is 1. The molecule has 1 aliphatic rings. The number of aromatic nitrogens is 3. The molecule has 11 heteroatoms. The van der Waals surface area contributed by atoms with Crippen molar-refractivity contribution in [3.63, 3.8) is 0 Å². The van der Waals surface area contributed by atoms with Crippen molar-refractivity contribution in [2.24, 2.45) is 7.05 Å². The molecule has 0 spiro atoms. The van der Waals surface area contributed by atoms with E-state index >= 15 is 0 Å². The standard InChI is InChI=1S/C24H26FN5O4S/c1-3-34-24(33)21-27-19(13-29(21)2)28-22(32)18-14-35-23(26-18)16-8-10-30(11-9-16)20(31)12-15-4-6-17(25)7-5-15/h4-7,13-14,16H,3,8-12H2,1-2H3,(H,28,32). The van der Waals surface area contributed by atoms with Crippen molar-refractivity contribution in [2.75, 3.05) is 25.0 Å². The second-order valence-corrected chi connectivity index (χ2v) is 9.15. The van der Waals surface area contributed by atoms with Crippen LogP contribution in [0.2, 0.25) is 0 Å². The minimum atomic E-state index is -0.561. The molecule has 2 aromatic heterocycles. The summed E-state index contributed by atoms with van der Waals surface area (Å²) in [6.45, 7) is 3.15. The average molecular weight is 500 g/mol. The number of carbonyl (C=O) groups excluding carboxylic acids is 3. The van der Waals surface area contributed by atoms with Gasteiger partial charge in [0.05, 0.1) is 18.0 Å². The summed E-state index contributed by atoms with van der Waals surface area (Å²) >= 11 is 1.42. The van der Waals surface area contributed by atoms with E-state index in [1.807, 2.05) is 4.90 Å². The van der Waals surface area contributed by atoms with E-state index < -0.39 is 11.9 Å². The first kappa shape index (κ1) is 24.5. The van der Waals surface area contributed by atoms with Crippen LogP contribution in [0.1, 0.15) is 57.4 Å². The van der Waals surface area contributed by atoms with Gasteiger partial charge in [-0.1, -0.05) is 12.1 Å². The number of hydrogen-bond acceptors (Lipinski definition) is 7. The van der Waals surface area contributed by atoms with Gasteiger partial charge < -0.3 is 19.5 Å². The summed E-state index contributed by atoms with van der Waals surface area (Å²) in [6.07, 6.45) is 3.30. The molecule has 0 radical (unpaired) electrons. The highest BCUT2D eigenvalue weighted by Crippen LogP contribution is 2.30. The lowest BCUT2D eigenvalue weighted by molar-refractivity contribution is -0.131. The fourth-order valence-electron chi connectivity index (χ4n) is 3.94. The summed E-state index contributed by atoms with van der Waals surface area (Å²) < 4.78 is 19.5. The number of rotatable bonds is 7. The Labute approximate surface area is 205 Å². The predicted molar refractivity (Wildman–Crippen MR) is 128 cm³/mol. The molecule has 4 rings (SSSR count). The van der Waals surface area contributed by atoms with Gasteiger partial charge in [0.1, 0.15) is 11.5 Å². The number of likely N-dealkylation sites (tertiary alicyclic amines) is 1. The molecule has 3 aromatic rings. The number of hydrogen-bond donors (Lipinski definition) is 1. The molecule has 2 amide bonds. The molecule has 1 aliphatic heterocycles. The lowest BCUT2D eigenvalue weighted by Crippen LogP contribution is -2.38. The number of carbonyl (C=O) groups is 3. The Hall–Kier alpha value is -3.60. The average Bonchev–Trinajstić information content (AvgIpc) is 3.48. The lowest BCUT2D eigenvalue weighted by Gasteiger charge is -2.31. The van der Waals surface area contributed by atoms with Crippen LogP contribution in [0.15, 0.2) is 35.8 Å². The van der Waals surface area contributed by atoms with Gasteiger partial charge in [-0.25, -0.2) is 19.2 Å². The molecule has 1 N–H and O–H groups in total. The number of aryl methyl sites for hydroxylation is 1. The molecular weight excluding hydrogens is 473 g/mol. The first-order chi connectivity index (χ1) is 16.8. The summed E-state index contributed by atoms with van der Waals surface area (Å²) in [6, 6.07) is 5.98. The molecular formula is C24H26FN5O4S. The topological polar surface area (TPSA) is 106 Å². The van der Waals surface area contributed by atoms with Gasteiger partial charge in [-0.15, -0.1) is 11.3 Å². The van der Waals surface area contributed by atoms with Crippen molar-refractivity contribution in [3.05, 3.63) is 63.7 Å². The number of benzene rings is 1. The smallest absolute Gasteiger partial charge is 0.374 e. The SMILES string of the molecule is CCOC(=O)c1nc(NC(=O)c2csc(C3CCN(C(=O)Cc4ccc(F)cc4)CC3)n2)cn1C. The zero-order chi connectivity index (χ0) is 24.9. The van der Waals surface area contributed by atoms with Crippen LogP contribution in [0.25, 0.3) is 0 Å². The maximum Gasteiger partial charge on any atom is 0.374 e. The second-order valence-electron chi connectivity index (χ2n) is 8.26. The minimum absolute atomic E-state index is 0.0202. The van der Waals surface area contributed by atoms with Crippen molar-refractivity contribution < 1.29 is 23.5 Å². The molecule has 0 unspecified atom stereocenters. The highest BCUT2D eigenvalue weighted by Gasteiger charge is 2.26. The van der Waals surface area contributed by atoms with Gasteiger partial charge in [0.2, 0.25) is 11.7 Å². The first-order valence-corrected chi connectivity index (χ1v) is 12.2. The Morgan fingerprint density at radius 2 is 1.89 bits per heavy atom. The molecule has 1 aromatic carbocycles. The highest BCUT2D eigenvalue weighted by molar-refractivity contribution is 7.10. The van der Waals surface area contributed by atoms with Crippen molar-refractivity contribution in [3.8, 4) is 0 Å². The monoisotopic (exact) mass is 499 g/mol. The fourth-order valence-corrected chi connectivity index (χ4v) is 4.91. The third-order valence-electron chi connectivity index (χ3n) is 5.80. The molecule has 1 saturated heterocycles. The number of thiazole rings is 1. The van der Waals surface area contributed by atoms with E-state index in [9.17, 15) is 18.8 Å². The van der Waals surface area contributed by atoms with Crippen LogP contribution < -0.4 is 5.32 Å². The van der Waals surface area contributed by atoms with Gasteiger partial charge in [0.15, 0.2) is 5.82 Å². The van der Waals surface area contributed by atoms with Gasteiger partial charge in [-0.2, -0.15) is 0 Å². The number of piperidine rings is 1. The van der Waals surface area contributed by atoms with E-state index in [0.29, 0.717) is 13.1 Å². The molecule has 9 nitrogen and oxygen atoms in total. The predicted octanol–water partition coefficient (Wildman–Crippen LogP) is 3.39. The van der Waals surface area contributed by atoms with Crippen LogP contribution >= 0.6 is 11.3 Å². The number of nitrogens with zero attached hydrogens (tertiary/aromatic N) is 4. The van der Waals surface area contributed by atoms with Gasteiger partial charge in [-0.05, 0) is 37.5 Å². The zero-order valence-corrected chi connectivity index (χ0v) is 20.3. The van der Waals surface area contributed by atoms with Gasteiger partial charge in [0.25, 0.3) is 5.91 Å². The van der Waals surface area contributed by atoms with Crippen molar-refractivity contribution in [1.82, 2.24) is 19.4 Å². The number of imidazole rings is 1. The van der Waals surface area contributed by atoms with Crippen LogP contribution in [-0.4, -0.2) is 56.9 Å². The molecule has 0 atom stereocenters. The highest BCUT2D eigenvalue weighted by atomic mass is 32.1. The van der Waals surface area contributed by atoms with Gasteiger partial charge >= 0.3 is 5.97 Å². The Bertz CT molecular complexity index is 1210. The van der Waals surface area contributed by atoms with E-state index in [1.54, 1.807) is 31.5 Å². The third kappa shape index (κ3) is 5.91. The molecule has 0 bridgehead atoms. The summed E-state index contributed by atoms with van der Waals surface area (Å²) in [7, 11) is 1.65. The van der Waals surface area contributed by atoms with Crippen molar-refractivity contribution in [1.29, 1.82) is 0 Å². The zero-order valence-electron chi connectivity index (χ0n) is 19.5. The minimum Gasteiger partial charge on any atom is -0.460 e. The molecule has 0 aliphatic carbocycles. The quantitative estimate of drug-likeness (QED) is 0.500. The van der Waals surface area contributed by atoms with Crippen LogP contribution in [-0.2, 0) is 23.0 Å². The number of halogens is 1. The van der Waals surface area contributed by atoms with Crippen molar-refractivity contribution in [2.45, 2.75) is 32.1 Å². The van der Waals surface area contributed by atoms with E-state index in [2.05, 4.69) is 15.3 Å². The van der Waals surface area contributed by atoms with Crippen LogP contribution in [0.3, 0.4) is 0 Å². The molecule has 0 saturated carbocycles. The normalized spacial score (nSPS) is 14.1. The Balaban J connectivity index is 1.31. The second kappa shape index (κ2) is 10.8. The van der Waals surface area contributed by atoms with Gasteiger partial charge in [0, 0.05) is 37.6 Å². The van der Waals surface area contributed by atoms with Crippen LogP contribution in [0, 0.1) is 5.82 Å². The largest absolute Gasteiger partial charge is 0.460 e. The summed E-state index contributed by atoms with van der Waals surface area (Å²) in [5.41, 5.74) is 1.07. The summed E-state index contributed by atoms with van der Waals surface area (Å²) in [4.78, 5) is 47.6. The Morgan fingerprint density at radius 1 is 1.17 bits per heavy atom. The third-order valence-corrected chi connectivity index (χ3v) is 6.80. The Kier molecular flexibility index (Phi) is 7.54. The number of esters is 1. The van der Waals surface area contributed by atoms with E-state index in [0.717, 1.165) is 23.4 Å². The fraction of sp³-hybridized carbons (Fsp3) is 0.375. The van der Waals surface area contributed by atoms with Crippen LogP contribution in [0.4, 0.5) is 10.2 Å². The molecule has 184 valence electrons. The summed E-state index contributed by atoms with van der Waals surface area (Å²) in [5.74, 6) is -0.764. The van der Waals surface area contributed by atoms with E-state index in [4.69, 9.17) is 4.74 Å². The number of ether oxygens (including phenoxy) is 1. The maximum absolute atomic E-state index is 13.1. The number of nitrogens with one attached hydrogen (secondary N) is 1. The van der Waals surface area contributed by atoms with Gasteiger partial charge in [-0.3, -0.25) is 9.59 Å². The van der Waals surface area contributed by atoms with E-state index in [-0.39, 0.29) is 48.0 Å². The summed E-state index contributed by atoms with van der Waals surface area (Å²) in [5, 5.41) is 5.23. The molecule has 1 fully saturated rings. The molecule has 3 heterocycles. The van der Waals surface area contributed by atoms with Crippen molar-refractivity contribution >= 4 is 34.9 Å². The lowest BCUT2D eigenvalue weighted by atomic mass is 9.97. The Morgan fingerprint density at radius 3 is 2.57 bits per heavy atom. The molecule has 35 heavy (non-hydrogen) atoms. The number of amides is 2. The first-order valence-electron chi connectivity index (χ1n) is 11.3.